The Morgan fingerprint density at radius 2 is 1.76 bits per heavy atom. The van der Waals surface area contributed by atoms with E-state index in [2.05, 4.69) is 49.0 Å². The molecule has 0 saturated heterocycles. The number of halogens is 2. The molecule has 10 heteroatoms. The number of esters is 1. The molecular formula is C35H42Cl2N4O4. The highest BCUT2D eigenvalue weighted by atomic mass is 35.5. The lowest BCUT2D eigenvalue weighted by molar-refractivity contribution is 0.0467. The summed E-state index contributed by atoms with van der Waals surface area (Å²) in [5.74, 6) is 1.26. The number of methoxy groups -OCH3 is 1. The summed E-state index contributed by atoms with van der Waals surface area (Å²) in [6.07, 6.45) is 2.73. The third-order valence-corrected chi connectivity index (χ3v) is 7.94. The Balaban J connectivity index is 0.00000276. The fraction of sp³-hybridized carbons (Fsp3) is 0.343. The van der Waals surface area contributed by atoms with Gasteiger partial charge in [-0.15, -0.1) is 24.8 Å². The van der Waals surface area contributed by atoms with E-state index in [0.29, 0.717) is 29.6 Å². The summed E-state index contributed by atoms with van der Waals surface area (Å²) in [5.41, 5.74) is 6.21. The molecule has 1 aliphatic rings. The fourth-order valence-corrected chi connectivity index (χ4v) is 5.48. The monoisotopic (exact) mass is 652 g/mol. The van der Waals surface area contributed by atoms with Gasteiger partial charge in [-0.25, -0.2) is 14.8 Å². The number of nitrogens with one attached hydrogen (secondary N) is 1. The zero-order valence-corrected chi connectivity index (χ0v) is 28.1. The maximum absolute atomic E-state index is 13.1. The third kappa shape index (κ3) is 8.45. The van der Waals surface area contributed by atoms with E-state index in [9.17, 15) is 4.79 Å². The maximum atomic E-state index is 13.1. The van der Waals surface area contributed by atoms with Crippen molar-refractivity contribution in [1.29, 1.82) is 0 Å². The van der Waals surface area contributed by atoms with Gasteiger partial charge in [0.05, 0.1) is 12.8 Å². The highest BCUT2D eigenvalue weighted by molar-refractivity contribution is 5.93. The van der Waals surface area contributed by atoms with Crippen LogP contribution in [0.2, 0.25) is 0 Å². The molecule has 4 aromatic rings. The Bertz CT molecular complexity index is 1580. The van der Waals surface area contributed by atoms with Crippen molar-refractivity contribution in [3.05, 3.63) is 95.2 Å². The van der Waals surface area contributed by atoms with Gasteiger partial charge in [0.15, 0.2) is 0 Å². The van der Waals surface area contributed by atoms with Crippen molar-refractivity contribution in [3.8, 4) is 22.8 Å². The van der Waals surface area contributed by atoms with Gasteiger partial charge in [-0.3, -0.25) is 0 Å². The Morgan fingerprint density at radius 1 is 1.00 bits per heavy atom. The van der Waals surface area contributed by atoms with E-state index in [1.54, 1.807) is 13.2 Å². The summed E-state index contributed by atoms with van der Waals surface area (Å²) in [4.78, 5) is 25.0. The van der Waals surface area contributed by atoms with Gasteiger partial charge in [-0.1, -0.05) is 64.1 Å². The molecule has 45 heavy (non-hydrogen) atoms. The van der Waals surface area contributed by atoms with Crippen LogP contribution >= 0.6 is 24.8 Å². The highest BCUT2D eigenvalue weighted by Crippen LogP contribution is 2.43. The summed E-state index contributed by atoms with van der Waals surface area (Å²) in [7, 11) is 1.67. The number of anilines is 2. The zero-order chi connectivity index (χ0) is 30.4. The summed E-state index contributed by atoms with van der Waals surface area (Å²) in [6, 6.07) is 21.2. The van der Waals surface area contributed by atoms with Crippen LogP contribution in [0.4, 0.5) is 11.6 Å². The highest BCUT2D eigenvalue weighted by Gasteiger charge is 2.32. The van der Waals surface area contributed by atoms with Crippen molar-refractivity contribution < 1.29 is 19.0 Å². The van der Waals surface area contributed by atoms with Crippen LogP contribution in [0.3, 0.4) is 0 Å². The van der Waals surface area contributed by atoms with E-state index >= 15 is 0 Å². The molecule has 0 spiro atoms. The second-order valence-corrected chi connectivity index (χ2v) is 11.3. The van der Waals surface area contributed by atoms with Gasteiger partial charge < -0.3 is 24.4 Å². The molecule has 0 atom stereocenters. The molecule has 240 valence electrons. The summed E-state index contributed by atoms with van der Waals surface area (Å²) < 4.78 is 17.3. The minimum Gasteiger partial charge on any atom is -0.497 e. The smallest absolute Gasteiger partial charge is 0.342 e. The summed E-state index contributed by atoms with van der Waals surface area (Å²) in [5, 5.41) is 3.32. The van der Waals surface area contributed by atoms with E-state index in [1.807, 2.05) is 60.8 Å². The van der Waals surface area contributed by atoms with Crippen LogP contribution in [0, 0.1) is 0 Å². The number of nitrogens with zero attached hydrogens (tertiary/aromatic N) is 3. The van der Waals surface area contributed by atoms with E-state index in [0.717, 1.165) is 54.2 Å². The van der Waals surface area contributed by atoms with Gasteiger partial charge in [-0.2, -0.15) is 0 Å². The average molecular weight is 654 g/mol. The number of likely N-dealkylation sites (N-methyl/N-ethyl adjacent to an activating group) is 1. The second-order valence-electron chi connectivity index (χ2n) is 11.3. The molecule has 0 amide bonds. The van der Waals surface area contributed by atoms with Crippen molar-refractivity contribution in [2.24, 2.45) is 0 Å². The molecule has 1 heterocycles. The minimum absolute atomic E-state index is 0. The lowest BCUT2D eigenvalue weighted by Crippen LogP contribution is -2.28. The van der Waals surface area contributed by atoms with Crippen molar-refractivity contribution in [2.45, 2.75) is 46.1 Å². The molecule has 0 bridgehead atoms. The molecule has 0 radical (unpaired) electrons. The first kappa shape index (κ1) is 35.6. The summed E-state index contributed by atoms with van der Waals surface area (Å²) in [6.45, 7) is 11.9. The number of aromatic nitrogens is 2. The quantitative estimate of drug-likeness (QED) is 0.156. The van der Waals surface area contributed by atoms with Crippen molar-refractivity contribution >= 4 is 42.4 Å². The van der Waals surface area contributed by atoms with Crippen LogP contribution in [0.25, 0.3) is 11.3 Å². The number of rotatable bonds is 12. The van der Waals surface area contributed by atoms with Crippen LogP contribution in [-0.2, 0) is 23.2 Å². The molecule has 3 aromatic carbocycles. The van der Waals surface area contributed by atoms with Gasteiger partial charge in [-0.05, 0) is 65.9 Å². The Hall–Kier alpha value is -3.85. The topological polar surface area (TPSA) is 85.8 Å². The standard InChI is InChI=1S/C35H40N4O4.2ClH/c1-6-39(7-2)17-18-42-31-19-26(13-15-28(31)33(40)43-23-24-11-9-8-10-12-24)37-34-36-22-25-21-35(3,4)30-16-14-27(41-5)20-29(30)32(25)38-34;;/h8-16,19-20,22H,6-7,17-18,21,23H2,1-5H3,(H,36,37,38);2*1H. The lowest BCUT2D eigenvalue weighted by Gasteiger charge is -2.33. The molecule has 0 fully saturated rings. The molecule has 0 unspecified atom stereocenters. The fourth-order valence-electron chi connectivity index (χ4n) is 5.48. The Labute approximate surface area is 278 Å². The predicted octanol–water partition coefficient (Wildman–Crippen LogP) is 7.65. The molecule has 1 N–H and O–H groups in total. The SMILES string of the molecule is CCN(CC)CCOc1cc(Nc2ncc3c(n2)-c2cc(OC)ccc2C(C)(C)C3)ccc1C(=O)OCc1ccccc1.Cl.Cl. The maximum Gasteiger partial charge on any atom is 0.342 e. The number of benzene rings is 3. The largest absolute Gasteiger partial charge is 0.497 e. The number of fused-ring (bicyclic) bond motifs is 3. The minimum atomic E-state index is -0.438. The van der Waals surface area contributed by atoms with Crippen molar-refractivity contribution in [1.82, 2.24) is 14.9 Å². The number of hydrogen-bond acceptors (Lipinski definition) is 8. The average Bonchev–Trinajstić information content (AvgIpc) is 3.02. The zero-order valence-electron chi connectivity index (χ0n) is 26.5. The molecule has 8 nitrogen and oxygen atoms in total. The van der Waals surface area contributed by atoms with E-state index in [1.165, 1.54) is 5.56 Å². The first-order chi connectivity index (χ1) is 20.8. The molecular weight excluding hydrogens is 611 g/mol. The summed E-state index contributed by atoms with van der Waals surface area (Å²) >= 11 is 0. The van der Waals surface area contributed by atoms with Crippen molar-refractivity contribution in [2.75, 3.05) is 38.7 Å². The van der Waals surface area contributed by atoms with Gasteiger partial charge >= 0.3 is 5.97 Å². The van der Waals surface area contributed by atoms with Crippen LogP contribution in [0.15, 0.2) is 72.9 Å². The van der Waals surface area contributed by atoms with Gasteiger partial charge in [0, 0.05) is 30.1 Å². The van der Waals surface area contributed by atoms with Gasteiger partial charge in [0.1, 0.15) is 30.3 Å². The third-order valence-electron chi connectivity index (χ3n) is 7.94. The Morgan fingerprint density at radius 3 is 2.47 bits per heavy atom. The number of carbonyl (C=O) groups is 1. The lowest BCUT2D eigenvalue weighted by atomic mass is 9.72. The van der Waals surface area contributed by atoms with Gasteiger partial charge in [0.2, 0.25) is 5.95 Å². The molecule has 0 aliphatic heterocycles. The van der Waals surface area contributed by atoms with Crippen molar-refractivity contribution in [3.63, 3.8) is 0 Å². The van der Waals surface area contributed by atoms with Gasteiger partial charge in [0.25, 0.3) is 0 Å². The number of carbonyl (C=O) groups excluding carboxylic acids is 1. The first-order valence-corrected chi connectivity index (χ1v) is 14.8. The van der Waals surface area contributed by atoms with E-state index < -0.39 is 5.97 Å². The molecule has 0 saturated carbocycles. The normalized spacial score (nSPS) is 12.6. The molecule has 5 rings (SSSR count). The number of ether oxygens (including phenoxy) is 3. The van der Waals surface area contributed by atoms with Crippen LogP contribution in [-0.4, -0.2) is 54.2 Å². The number of hydrogen-bond donors (Lipinski definition) is 1. The molecule has 1 aliphatic carbocycles. The van der Waals surface area contributed by atoms with Crippen LogP contribution < -0.4 is 14.8 Å². The predicted molar refractivity (Wildman–Crippen MR) is 184 cm³/mol. The first-order valence-electron chi connectivity index (χ1n) is 14.8. The Kier molecular flexibility index (Phi) is 12.6. The second kappa shape index (κ2) is 15.9. The molecule has 1 aromatic heterocycles. The van der Waals surface area contributed by atoms with E-state index in [-0.39, 0.29) is 36.8 Å². The van der Waals surface area contributed by atoms with Crippen LogP contribution in [0.5, 0.6) is 11.5 Å². The van der Waals surface area contributed by atoms with Crippen LogP contribution in [0.1, 0.15) is 54.7 Å². The van der Waals surface area contributed by atoms with E-state index in [4.69, 9.17) is 19.2 Å².